The Morgan fingerprint density at radius 2 is 0.466 bits per heavy atom. The summed E-state index contributed by atoms with van der Waals surface area (Å²) in [5, 5.41) is 10.7. The zero-order chi connectivity index (χ0) is 76.0. The van der Waals surface area contributed by atoms with Crippen LogP contribution in [0.25, 0.3) is 0 Å². The third-order valence-corrected chi connectivity index (χ3v) is 22.6. The number of hydrogen-bond donors (Lipinski definition) is 3. The average molecular weight is 1510 g/mol. The fourth-order valence-corrected chi connectivity index (χ4v) is 14.4. The first kappa shape index (κ1) is 101. The molecule has 0 saturated heterocycles. The van der Waals surface area contributed by atoms with Gasteiger partial charge in [-0.3, -0.25) is 37.3 Å². The van der Waals surface area contributed by atoms with Crippen LogP contribution in [0.3, 0.4) is 0 Å². The van der Waals surface area contributed by atoms with Crippen molar-refractivity contribution in [1.82, 2.24) is 0 Å². The van der Waals surface area contributed by atoms with Gasteiger partial charge in [0.25, 0.3) is 0 Å². The van der Waals surface area contributed by atoms with Crippen LogP contribution in [0.4, 0.5) is 0 Å². The Morgan fingerprint density at radius 3 is 0.689 bits per heavy atom. The van der Waals surface area contributed by atoms with E-state index >= 15 is 0 Å². The van der Waals surface area contributed by atoms with Crippen molar-refractivity contribution in [3.05, 3.63) is 0 Å². The minimum Gasteiger partial charge on any atom is -0.462 e. The molecule has 0 aliphatic carbocycles. The molecule has 103 heavy (non-hydrogen) atoms. The van der Waals surface area contributed by atoms with Crippen LogP contribution in [0.1, 0.15) is 434 Å². The number of carbonyl (C=O) groups excluding carboxylic acids is 4. The second-order valence-corrected chi connectivity index (χ2v) is 34.3. The fraction of sp³-hybridized carbons (Fsp3) is 0.952. The van der Waals surface area contributed by atoms with Crippen molar-refractivity contribution in [3.8, 4) is 0 Å². The van der Waals surface area contributed by atoms with Crippen LogP contribution >= 0.6 is 15.6 Å². The predicted molar refractivity (Wildman–Crippen MR) is 423 cm³/mol. The Labute approximate surface area is 632 Å². The van der Waals surface area contributed by atoms with Crippen LogP contribution in [0, 0.1) is 23.7 Å². The van der Waals surface area contributed by atoms with E-state index in [1.807, 2.05) is 0 Å². The third-order valence-electron chi connectivity index (χ3n) is 20.7. The number of unbranched alkanes of at least 4 members (excludes halogenated alkanes) is 44. The summed E-state index contributed by atoms with van der Waals surface area (Å²) in [6.45, 7) is 14.4. The summed E-state index contributed by atoms with van der Waals surface area (Å²) in [5.74, 6) is 1.11. The number of aliphatic hydroxyl groups excluding tert-OH is 1. The van der Waals surface area contributed by atoms with E-state index in [0.29, 0.717) is 25.7 Å². The molecule has 0 aromatic carbocycles. The van der Waals surface area contributed by atoms with E-state index in [2.05, 4.69) is 55.4 Å². The molecule has 0 amide bonds. The highest BCUT2D eigenvalue weighted by Crippen LogP contribution is 2.45. The molecule has 19 heteroatoms. The number of ether oxygens (including phenoxy) is 4. The van der Waals surface area contributed by atoms with Gasteiger partial charge in [0.05, 0.1) is 26.4 Å². The van der Waals surface area contributed by atoms with Gasteiger partial charge in [-0.05, 0) is 49.4 Å². The van der Waals surface area contributed by atoms with Gasteiger partial charge < -0.3 is 33.8 Å². The van der Waals surface area contributed by atoms with Crippen LogP contribution in [-0.4, -0.2) is 96.7 Å². The van der Waals surface area contributed by atoms with E-state index in [1.165, 1.54) is 231 Å². The van der Waals surface area contributed by atoms with Crippen molar-refractivity contribution >= 4 is 39.5 Å². The predicted octanol–water partition coefficient (Wildman–Crippen LogP) is 25.2. The molecule has 0 saturated carbocycles. The standard InChI is InChI=1S/C84H164O17P2/c1-9-75(6)61-53-45-37-31-25-19-13-16-21-27-33-39-48-56-64-81(86)94-70-79(100-83(88)66-58-50-40-34-28-22-15-12-18-24-30-36-44-52-60-74(4)5)72-98-102(90,91)96-68-78(85)69-97-103(92,93)99-73-80(71-95-82(87)65-57-49-43-42-47-55-63-77(8)11-3)101-84(89)67-59-51-41-35-29-23-17-14-20-26-32-38-46-54-62-76(7)10-2/h74-80,85H,9-73H2,1-8H3,(H,90,91)(H,92,93)/t75?,76?,77?,78-,79-,80-/m1/s1. The van der Waals surface area contributed by atoms with Gasteiger partial charge in [-0.25, -0.2) is 9.13 Å². The van der Waals surface area contributed by atoms with Gasteiger partial charge >= 0.3 is 39.5 Å². The maximum absolute atomic E-state index is 13.1. The number of rotatable bonds is 81. The van der Waals surface area contributed by atoms with Crippen LogP contribution in [0.2, 0.25) is 0 Å². The summed E-state index contributed by atoms with van der Waals surface area (Å²) in [5.41, 5.74) is 0. The van der Waals surface area contributed by atoms with Crippen LogP contribution in [0.5, 0.6) is 0 Å². The van der Waals surface area contributed by atoms with Gasteiger partial charge in [0.15, 0.2) is 12.2 Å². The molecule has 0 rings (SSSR count). The maximum atomic E-state index is 13.1. The van der Waals surface area contributed by atoms with Crippen LogP contribution in [0.15, 0.2) is 0 Å². The lowest BCUT2D eigenvalue weighted by atomic mass is 9.99. The van der Waals surface area contributed by atoms with E-state index in [9.17, 15) is 43.2 Å². The lowest BCUT2D eigenvalue weighted by molar-refractivity contribution is -0.161. The number of esters is 4. The van der Waals surface area contributed by atoms with Crippen molar-refractivity contribution in [3.63, 3.8) is 0 Å². The second-order valence-electron chi connectivity index (χ2n) is 31.4. The number of hydrogen-bond acceptors (Lipinski definition) is 15. The Balaban J connectivity index is 5.25. The largest absolute Gasteiger partial charge is 0.472 e. The Kier molecular flexibility index (Phi) is 71.5. The molecule has 0 bridgehead atoms. The Bertz CT molecular complexity index is 2010. The first-order chi connectivity index (χ1) is 49.7. The molecular formula is C84H164O17P2. The molecule has 8 atom stereocenters. The van der Waals surface area contributed by atoms with Crippen LogP contribution in [-0.2, 0) is 65.4 Å². The molecule has 0 fully saturated rings. The fourth-order valence-electron chi connectivity index (χ4n) is 12.9. The molecule has 0 aliphatic rings. The summed E-state index contributed by atoms with van der Waals surface area (Å²) in [6, 6.07) is 0. The normalized spacial score (nSPS) is 14.8. The Morgan fingerprint density at radius 1 is 0.272 bits per heavy atom. The smallest absolute Gasteiger partial charge is 0.462 e. The highest BCUT2D eigenvalue weighted by atomic mass is 31.2. The minimum atomic E-state index is -4.97. The summed E-state index contributed by atoms with van der Waals surface area (Å²) >= 11 is 0. The molecule has 612 valence electrons. The lowest BCUT2D eigenvalue weighted by Crippen LogP contribution is -2.30. The van der Waals surface area contributed by atoms with Gasteiger partial charge in [0.1, 0.15) is 19.3 Å². The number of carbonyl (C=O) groups is 4. The van der Waals surface area contributed by atoms with Crippen molar-refractivity contribution in [2.24, 2.45) is 23.7 Å². The SMILES string of the molecule is CCC(C)CCCCCCCCCCCCCCCCC(=O)OC[C@H](COP(=O)(O)OC[C@@H](O)COP(=O)(O)OC[C@@H](COC(=O)CCCCCCCCC(C)CC)OC(=O)CCCCCCCCCCCCCCCCC(C)CC)OC(=O)CCCCCCCCCCCCCCCCC(C)C. The number of phosphoric acid groups is 2. The molecular weight excluding hydrogens is 1340 g/mol. The van der Waals surface area contributed by atoms with Gasteiger partial charge in [-0.2, -0.15) is 0 Å². The highest BCUT2D eigenvalue weighted by molar-refractivity contribution is 7.47. The van der Waals surface area contributed by atoms with Gasteiger partial charge in [-0.1, -0.05) is 383 Å². The minimum absolute atomic E-state index is 0.107. The zero-order valence-corrected chi connectivity index (χ0v) is 69.7. The van der Waals surface area contributed by atoms with Crippen molar-refractivity contribution in [2.45, 2.75) is 453 Å². The van der Waals surface area contributed by atoms with E-state index in [4.69, 9.17) is 37.0 Å². The molecule has 0 spiro atoms. The Hall–Kier alpha value is -1.94. The van der Waals surface area contributed by atoms with E-state index in [0.717, 1.165) is 120 Å². The van der Waals surface area contributed by atoms with Crippen LogP contribution < -0.4 is 0 Å². The molecule has 3 N–H and O–H groups in total. The first-order valence-corrected chi connectivity index (χ1v) is 46.3. The lowest BCUT2D eigenvalue weighted by Gasteiger charge is -2.21. The first-order valence-electron chi connectivity index (χ1n) is 43.3. The maximum Gasteiger partial charge on any atom is 0.472 e. The van der Waals surface area contributed by atoms with E-state index in [1.54, 1.807) is 0 Å². The number of aliphatic hydroxyl groups is 1. The topological polar surface area (TPSA) is 237 Å². The summed E-state index contributed by atoms with van der Waals surface area (Å²) in [4.78, 5) is 73.2. The quantitative estimate of drug-likeness (QED) is 0.0222. The number of phosphoric ester groups is 2. The van der Waals surface area contributed by atoms with E-state index in [-0.39, 0.29) is 25.7 Å². The monoisotopic (exact) mass is 1510 g/mol. The molecule has 0 heterocycles. The van der Waals surface area contributed by atoms with E-state index < -0.39 is 97.5 Å². The molecule has 17 nitrogen and oxygen atoms in total. The third kappa shape index (κ3) is 74.0. The zero-order valence-electron chi connectivity index (χ0n) is 68.0. The molecule has 0 aromatic rings. The van der Waals surface area contributed by atoms with Gasteiger partial charge in [0, 0.05) is 25.7 Å². The van der Waals surface area contributed by atoms with Crippen molar-refractivity contribution in [2.75, 3.05) is 39.6 Å². The van der Waals surface area contributed by atoms with Gasteiger partial charge in [-0.15, -0.1) is 0 Å². The molecule has 5 unspecified atom stereocenters. The molecule has 0 radical (unpaired) electrons. The summed E-state index contributed by atoms with van der Waals surface area (Å²) in [6.07, 6.45) is 60.9. The summed E-state index contributed by atoms with van der Waals surface area (Å²) < 4.78 is 68.8. The van der Waals surface area contributed by atoms with Gasteiger partial charge in [0.2, 0.25) is 0 Å². The molecule has 0 aromatic heterocycles. The van der Waals surface area contributed by atoms with Crippen molar-refractivity contribution in [1.29, 1.82) is 0 Å². The average Bonchev–Trinajstić information content (AvgIpc) is 0.906. The summed E-state index contributed by atoms with van der Waals surface area (Å²) in [7, 11) is -9.93. The highest BCUT2D eigenvalue weighted by Gasteiger charge is 2.30. The second kappa shape index (κ2) is 72.9. The van der Waals surface area contributed by atoms with Crippen molar-refractivity contribution < 1.29 is 80.2 Å². The molecule has 0 aliphatic heterocycles.